The molecule has 2 N–H and O–H groups in total. The molecule has 1 aliphatic rings. The number of benzene rings is 2. The first-order valence-electron chi connectivity index (χ1n) is 7.28. The minimum Gasteiger partial charge on any atom is -0.494 e. The standard InChI is InChI=1S/C17H15ClFNO4/c1-23-14-4-2-3-12(15(14)19)9-5-10-6-11(8-20-17(21)22)24-16(10)13(18)7-9/h2-5,7,11,20H,6,8H2,1H3,(H,21,22). The van der Waals surface area contributed by atoms with E-state index in [9.17, 15) is 9.18 Å². The van der Waals surface area contributed by atoms with Gasteiger partial charge in [-0.05, 0) is 23.8 Å². The number of methoxy groups -OCH3 is 1. The molecule has 0 bridgehead atoms. The summed E-state index contributed by atoms with van der Waals surface area (Å²) in [5.74, 6) is 0.212. The Hall–Kier alpha value is -2.47. The molecule has 126 valence electrons. The third-order valence-electron chi connectivity index (χ3n) is 3.83. The van der Waals surface area contributed by atoms with Crippen molar-refractivity contribution in [3.05, 3.63) is 46.7 Å². The predicted molar refractivity (Wildman–Crippen MR) is 87.5 cm³/mol. The van der Waals surface area contributed by atoms with Crippen molar-refractivity contribution < 1.29 is 23.8 Å². The van der Waals surface area contributed by atoms with E-state index in [0.717, 1.165) is 5.56 Å². The number of fused-ring (bicyclic) bond motifs is 1. The molecule has 7 heteroatoms. The molecular weight excluding hydrogens is 337 g/mol. The van der Waals surface area contributed by atoms with Gasteiger partial charge in [-0.25, -0.2) is 9.18 Å². The van der Waals surface area contributed by atoms with Crippen LogP contribution in [0, 0.1) is 5.82 Å². The largest absolute Gasteiger partial charge is 0.494 e. The molecule has 0 saturated carbocycles. The summed E-state index contributed by atoms with van der Waals surface area (Å²) < 4.78 is 25.1. The third-order valence-corrected chi connectivity index (χ3v) is 4.11. The van der Waals surface area contributed by atoms with Gasteiger partial charge in [0.25, 0.3) is 0 Å². The van der Waals surface area contributed by atoms with Gasteiger partial charge in [-0.15, -0.1) is 0 Å². The molecule has 1 heterocycles. The number of rotatable bonds is 4. The topological polar surface area (TPSA) is 67.8 Å². The van der Waals surface area contributed by atoms with Gasteiger partial charge in [0.05, 0.1) is 18.7 Å². The second-order valence-corrected chi connectivity index (χ2v) is 5.81. The molecule has 0 aromatic heterocycles. The third kappa shape index (κ3) is 3.10. The normalized spacial score (nSPS) is 15.5. The van der Waals surface area contributed by atoms with Crippen LogP contribution in [0.1, 0.15) is 5.56 Å². The SMILES string of the molecule is COc1cccc(-c2cc(Cl)c3c(c2)CC(CNC(=O)O)O3)c1F. The average Bonchev–Trinajstić information content (AvgIpc) is 2.97. The van der Waals surface area contributed by atoms with E-state index in [4.69, 9.17) is 26.2 Å². The fourth-order valence-corrected chi connectivity index (χ4v) is 3.03. The molecule has 24 heavy (non-hydrogen) atoms. The molecule has 3 rings (SSSR count). The minimum atomic E-state index is -1.11. The summed E-state index contributed by atoms with van der Waals surface area (Å²) in [6.07, 6.45) is -0.951. The Balaban J connectivity index is 1.91. The maximum Gasteiger partial charge on any atom is 0.404 e. The maximum absolute atomic E-state index is 14.5. The smallest absolute Gasteiger partial charge is 0.404 e. The molecule has 0 saturated heterocycles. The van der Waals surface area contributed by atoms with Gasteiger partial charge in [0.1, 0.15) is 11.9 Å². The lowest BCUT2D eigenvalue weighted by Gasteiger charge is -2.11. The lowest BCUT2D eigenvalue weighted by molar-refractivity contribution is 0.181. The van der Waals surface area contributed by atoms with Crippen LogP contribution >= 0.6 is 11.6 Å². The van der Waals surface area contributed by atoms with E-state index in [1.807, 2.05) is 0 Å². The van der Waals surface area contributed by atoms with E-state index < -0.39 is 11.9 Å². The number of hydrogen-bond acceptors (Lipinski definition) is 3. The summed E-state index contributed by atoms with van der Waals surface area (Å²) in [7, 11) is 1.41. The number of carboxylic acid groups (broad SMARTS) is 1. The van der Waals surface area contributed by atoms with E-state index >= 15 is 0 Å². The lowest BCUT2D eigenvalue weighted by atomic mass is 10.00. The number of amides is 1. The maximum atomic E-state index is 14.5. The highest BCUT2D eigenvalue weighted by Crippen LogP contribution is 2.40. The number of carbonyl (C=O) groups is 1. The van der Waals surface area contributed by atoms with Crippen LogP contribution < -0.4 is 14.8 Å². The molecule has 2 aromatic rings. The van der Waals surface area contributed by atoms with Crippen LogP contribution in [0.2, 0.25) is 5.02 Å². The summed E-state index contributed by atoms with van der Waals surface area (Å²) in [6, 6.07) is 8.33. The summed E-state index contributed by atoms with van der Waals surface area (Å²) in [5, 5.41) is 11.3. The first kappa shape index (κ1) is 16.4. The van der Waals surface area contributed by atoms with E-state index in [1.54, 1.807) is 30.3 Å². The van der Waals surface area contributed by atoms with Gasteiger partial charge < -0.3 is 19.9 Å². The summed E-state index contributed by atoms with van der Waals surface area (Å²) >= 11 is 6.26. The number of hydrogen-bond donors (Lipinski definition) is 2. The molecule has 0 spiro atoms. The van der Waals surface area contributed by atoms with Crippen LogP contribution in [-0.4, -0.2) is 31.0 Å². The molecule has 1 atom stereocenters. The lowest BCUT2D eigenvalue weighted by Crippen LogP contribution is -2.33. The highest BCUT2D eigenvalue weighted by molar-refractivity contribution is 6.32. The number of halogens is 2. The number of nitrogens with one attached hydrogen (secondary N) is 1. The van der Waals surface area contributed by atoms with Crippen molar-refractivity contribution in [2.45, 2.75) is 12.5 Å². The van der Waals surface area contributed by atoms with Crippen LogP contribution in [0.4, 0.5) is 9.18 Å². The van der Waals surface area contributed by atoms with E-state index in [2.05, 4.69) is 5.32 Å². The second-order valence-electron chi connectivity index (χ2n) is 5.40. The second kappa shape index (κ2) is 6.57. The Morgan fingerprint density at radius 1 is 1.50 bits per heavy atom. The fourth-order valence-electron chi connectivity index (χ4n) is 2.75. The molecule has 1 aliphatic heterocycles. The van der Waals surface area contributed by atoms with Gasteiger partial charge in [-0.1, -0.05) is 23.7 Å². The average molecular weight is 352 g/mol. The summed E-state index contributed by atoms with van der Waals surface area (Å²) in [5.41, 5.74) is 1.81. The first-order chi connectivity index (χ1) is 11.5. The van der Waals surface area contributed by atoms with E-state index in [0.29, 0.717) is 28.3 Å². The Morgan fingerprint density at radius 2 is 2.29 bits per heavy atom. The van der Waals surface area contributed by atoms with Gasteiger partial charge in [0.15, 0.2) is 11.6 Å². The molecule has 1 unspecified atom stereocenters. The van der Waals surface area contributed by atoms with Crippen molar-refractivity contribution in [1.82, 2.24) is 5.32 Å². The Kier molecular flexibility index (Phi) is 4.49. The first-order valence-corrected chi connectivity index (χ1v) is 7.66. The highest BCUT2D eigenvalue weighted by Gasteiger charge is 2.27. The van der Waals surface area contributed by atoms with Crippen LogP contribution in [0.5, 0.6) is 11.5 Å². The fraction of sp³-hybridized carbons (Fsp3) is 0.235. The van der Waals surface area contributed by atoms with Crippen molar-refractivity contribution in [3.8, 4) is 22.6 Å². The van der Waals surface area contributed by atoms with E-state index in [-0.39, 0.29) is 18.4 Å². The zero-order valence-corrected chi connectivity index (χ0v) is 13.6. The van der Waals surface area contributed by atoms with E-state index in [1.165, 1.54) is 7.11 Å². The molecule has 0 fully saturated rings. The Labute approximate surface area is 143 Å². The van der Waals surface area contributed by atoms with Crippen LogP contribution in [0.25, 0.3) is 11.1 Å². The summed E-state index contributed by atoms with van der Waals surface area (Å²) in [4.78, 5) is 10.6. The molecule has 0 radical (unpaired) electrons. The van der Waals surface area contributed by atoms with Gasteiger partial charge in [-0.2, -0.15) is 0 Å². The molecule has 1 amide bonds. The van der Waals surface area contributed by atoms with Crippen molar-refractivity contribution in [1.29, 1.82) is 0 Å². The van der Waals surface area contributed by atoms with Crippen molar-refractivity contribution in [3.63, 3.8) is 0 Å². The quantitative estimate of drug-likeness (QED) is 0.880. The zero-order valence-electron chi connectivity index (χ0n) is 12.8. The van der Waals surface area contributed by atoms with Crippen LogP contribution in [-0.2, 0) is 6.42 Å². The molecular formula is C17H15ClFNO4. The number of ether oxygens (including phenoxy) is 2. The molecule has 2 aromatic carbocycles. The Bertz CT molecular complexity index is 796. The minimum absolute atomic E-state index is 0.156. The van der Waals surface area contributed by atoms with Crippen LogP contribution in [0.3, 0.4) is 0 Å². The van der Waals surface area contributed by atoms with Crippen molar-refractivity contribution >= 4 is 17.7 Å². The van der Waals surface area contributed by atoms with Crippen LogP contribution in [0.15, 0.2) is 30.3 Å². The van der Waals surface area contributed by atoms with Gasteiger partial charge >= 0.3 is 6.09 Å². The molecule has 5 nitrogen and oxygen atoms in total. The zero-order chi connectivity index (χ0) is 17.3. The van der Waals surface area contributed by atoms with Gasteiger partial charge in [-0.3, -0.25) is 0 Å². The van der Waals surface area contributed by atoms with Crippen molar-refractivity contribution in [2.24, 2.45) is 0 Å². The Morgan fingerprint density at radius 3 is 3.00 bits per heavy atom. The summed E-state index contributed by atoms with van der Waals surface area (Å²) in [6.45, 7) is 0.156. The monoisotopic (exact) mass is 351 g/mol. The predicted octanol–water partition coefficient (Wildman–Crippen LogP) is 3.73. The van der Waals surface area contributed by atoms with Gasteiger partial charge in [0.2, 0.25) is 0 Å². The highest BCUT2D eigenvalue weighted by atomic mass is 35.5. The molecule has 0 aliphatic carbocycles. The van der Waals surface area contributed by atoms with Crippen molar-refractivity contribution in [2.75, 3.05) is 13.7 Å². The van der Waals surface area contributed by atoms with Gasteiger partial charge in [0, 0.05) is 17.5 Å².